The highest BCUT2D eigenvalue weighted by molar-refractivity contribution is 7.17. The smallest absolute Gasteiger partial charge is 0.254 e. The van der Waals surface area contributed by atoms with Crippen molar-refractivity contribution < 1.29 is 9.59 Å². The fraction of sp³-hybridized carbons (Fsp3) is 0.500. The number of rotatable bonds is 8. The first-order valence-corrected chi connectivity index (χ1v) is 12.0. The number of nitrogens with zero attached hydrogens (tertiary/aromatic N) is 1. The molecule has 5 nitrogen and oxygen atoms in total. The van der Waals surface area contributed by atoms with E-state index < -0.39 is 0 Å². The zero-order valence-corrected chi connectivity index (χ0v) is 18.1. The molecule has 0 spiro atoms. The number of carbonyl (C=O) groups is 2. The van der Waals surface area contributed by atoms with Gasteiger partial charge in [-0.3, -0.25) is 14.5 Å². The van der Waals surface area contributed by atoms with Crippen LogP contribution in [0, 0.1) is 11.8 Å². The van der Waals surface area contributed by atoms with Crippen LogP contribution in [-0.2, 0) is 24.2 Å². The Kier molecular flexibility index (Phi) is 5.61. The van der Waals surface area contributed by atoms with Crippen molar-refractivity contribution in [2.45, 2.75) is 45.1 Å². The Morgan fingerprint density at radius 3 is 2.63 bits per heavy atom. The normalized spacial score (nSPS) is 18.7. The van der Waals surface area contributed by atoms with E-state index in [9.17, 15) is 9.59 Å². The van der Waals surface area contributed by atoms with Gasteiger partial charge in [-0.15, -0.1) is 11.3 Å². The van der Waals surface area contributed by atoms with E-state index in [-0.39, 0.29) is 17.7 Å². The fourth-order valence-corrected chi connectivity index (χ4v) is 5.30. The van der Waals surface area contributed by atoms with Crippen LogP contribution in [0.25, 0.3) is 0 Å². The van der Waals surface area contributed by atoms with Gasteiger partial charge in [0.15, 0.2) is 0 Å². The van der Waals surface area contributed by atoms with Crippen LogP contribution in [0.15, 0.2) is 30.3 Å². The van der Waals surface area contributed by atoms with Gasteiger partial charge in [-0.1, -0.05) is 30.3 Å². The number of hydrogen-bond donors (Lipinski definition) is 2. The van der Waals surface area contributed by atoms with Crippen LogP contribution >= 0.6 is 11.3 Å². The highest BCUT2D eigenvalue weighted by Gasteiger charge is 2.34. The van der Waals surface area contributed by atoms with Crippen molar-refractivity contribution in [1.29, 1.82) is 0 Å². The van der Waals surface area contributed by atoms with Gasteiger partial charge in [-0.05, 0) is 55.6 Å². The number of thiophene rings is 1. The summed E-state index contributed by atoms with van der Waals surface area (Å²) < 4.78 is 0. The predicted molar refractivity (Wildman–Crippen MR) is 120 cm³/mol. The molecule has 6 heteroatoms. The van der Waals surface area contributed by atoms with Gasteiger partial charge in [0.05, 0.1) is 5.56 Å². The monoisotopic (exact) mass is 423 g/mol. The Labute approximate surface area is 181 Å². The summed E-state index contributed by atoms with van der Waals surface area (Å²) in [7, 11) is 0. The lowest BCUT2D eigenvalue weighted by molar-refractivity contribution is -0.117. The summed E-state index contributed by atoms with van der Waals surface area (Å²) in [4.78, 5) is 29.2. The summed E-state index contributed by atoms with van der Waals surface area (Å²) in [6, 6.07) is 10.6. The first-order valence-electron chi connectivity index (χ1n) is 11.2. The van der Waals surface area contributed by atoms with E-state index in [1.165, 1.54) is 23.3 Å². The number of nitrogens with one attached hydrogen (secondary N) is 2. The molecule has 1 aliphatic heterocycles. The number of fused-ring (bicyclic) bond motifs is 1. The van der Waals surface area contributed by atoms with E-state index >= 15 is 0 Å². The summed E-state index contributed by atoms with van der Waals surface area (Å²) in [5.41, 5.74) is 3.18. The molecular weight excluding hydrogens is 394 g/mol. The maximum atomic E-state index is 13.1. The van der Waals surface area contributed by atoms with Gasteiger partial charge in [0.1, 0.15) is 5.00 Å². The minimum absolute atomic E-state index is 0.0181. The summed E-state index contributed by atoms with van der Waals surface area (Å²) in [6.07, 6.45) is 6.30. The second-order valence-corrected chi connectivity index (χ2v) is 9.99. The number of hydrogen-bond acceptors (Lipinski definition) is 4. The lowest BCUT2D eigenvalue weighted by atomic mass is 10.0. The molecule has 2 N–H and O–H groups in total. The Morgan fingerprint density at radius 1 is 1.10 bits per heavy atom. The minimum atomic E-state index is -0.0181. The van der Waals surface area contributed by atoms with Crippen molar-refractivity contribution in [3.8, 4) is 0 Å². The van der Waals surface area contributed by atoms with Gasteiger partial charge >= 0.3 is 0 Å². The molecule has 2 aromatic rings. The molecule has 0 bridgehead atoms. The minimum Gasteiger partial charge on any atom is -0.352 e. The van der Waals surface area contributed by atoms with E-state index in [0.717, 1.165) is 62.4 Å². The molecule has 2 aliphatic carbocycles. The molecule has 30 heavy (non-hydrogen) atoms. The maximum absolute atomic E-state index is 13.1. The van der Waals surface area contributed by atoms with Crippen LogP contribution in [0.5, 0.6) is 0 Å². The molecule has 158 valence electrons. The van der Waals surface area contributed by atoms with Crippen molar-refractivity contribution in [2.75, 3.05) is 25.0 Å². The molecule has 0 unspecified atom stereocenters. The zero-order chi connectivity index (χ0) is 20.5. The van der Waals surface area contributed by atoms with Crippen LogP contribution in [0.1, 0.15) is 52.0 Å². The van der Waals surface area contributed by atoms with Crippen LogP contribution in [0.4, 0.5) is 5.00 Å². The first kappa shape index (κ1) is 19.8. The van der Waals surface area contributed by atoms with E-state index in [2.05, 4.69) is 39.8 Å². The third-order valence-corrected chi connectivity index (χ3v) is 7.55. The molecule has 2 fully saturated rings. The zero-order valence-electron chi connectivity index (χ0n) is 17.3. The largest absolute Gasteiger partial charge is 0.352 e. The Hall–Kier alpha value is -2.18. The van der Waals surface area contributed by atoms with Crippen LogP contribution in [-0.4, -0.2) is 36.3 Å². The highest BCUT2D eigenvalue weighted by Crippen LogP contribution is 2.39. The number of benzene rings is 1. The molecule has 1 aromatic carbocycles. The molecule has 0 radical (unpaired) electrons. The molecule has 1 aromatic heterocycles. The lowest BCUT2D eigenvalue weighted by Crippen LogP contribution is -2.34. The quantitative estimate of drug-likeness (QED) is 0.678. The molecule has 0 atom stereocenters. The van der Waals surface area contributed by atoms with Crippen molar-refractivity contribution in [1.82, 2.24) is 10.2 Å². The van der Waals surface area contributed by atoms with E-state index in [1.54, 1.807) is 11.3 Å². The summed E-state index contributed by atoms with van der Waals surface area (Å²) in [5, 5.41) is 6.97. The van der Waals surface area contributed by atoms with Gasteiger partial charge < -0.3 is 10.6 Å². The van der Waals surface area contributed by atoms with Gasteiger partial charge in [0.25, 0.3) is 5.91 Å². The van der Waals surface area contributed by atoms with E-state index in [1.807, 2.05) is 6.07 Å². The molecule has 0 saturated heterocycles. The second kappa shape index (κ2) is 8.52. The van der Waals surface area contributed by atoms with Crippen molar-refractivity contribution in [3.63, 3.8) is 0 Å². The van der Waals surface area contributed by atoms with Crippen molar-refractivity contribution in [2.24, 2.45) is 11.8 Å². The Morgan fingerprint density at radius 2 is 1.90 bits per heavy atom. The predicted octanol–water partition coefficient (Wildman–Crippen LogP) is 3.84. The lowest BCUT2D eigenvalue weighted by Gasteiger charge is -2.27. The third-order valence-electron chi connectivity index (χ3n) is 6.35. The average molecular weight is 424 g/mol. The van der Waals surface area contributed by atoms with Gasteiger partial charge in [-0.25, -0.2) is 0 Å². The van der Waals surface area contributed by atoms with Crippen LogP contribution in [0.2, 0.25) is 0 Å². The molecule has 3 aliphatic rings. The van der Waals surface area contributed by atoms with Crippen LogP contribution < -0.4 is 10.6 Å². The van der Waals surface area contributed by atoms with E-state index in [4.69, 9.17) is 0 Å². The first-order chi connectivity index (χ1) is 14.7. The van der Waals surface area contributed by atoms with Gasteiger partial charge in [0.2, 0.25) is 5.91 Å². The Balaban J connectivity index is 1.33. The third kappa shape index (κ3) is 4.60. The number of amides is 2. The number of carbonyl (C=O) groups excluding carboxylic acids is 2. The van der Waals surface area contributed by atoms with E-state index in [0.29, 0.717) is 11.5 Å². The number of anilines is 1. The van der Waals surface area contributed by atoms with Crippen LogP contribution in [0.3, 0.4) is 0 Å². The van der Waals surface area contributed by atoms with Crippen molar-refractivity contribution >= 4 is 28.2 Å². The summed E-state index contributed by atoms with van der Waals surface area (Å²) >= 11 is 1.61. The molecule has 2 amide bonds. The topological polar surface area (TPSA) is 61.4 Å². The van der Waals surface area contributed by atoms with Gasteiger partial charge in [-0.2, -0.15) is 0 Å². The van der Waals surface area contributed by atoms with Gasteiger partial charge in [0, 0.05) is 37.0 Å². The average Bonchev–Trinajstić information content (AvgIpc) is 3.67. The SMILES string of the molecule is O=C(NCC1CC1)c1c(NC(=O)C2CC2)sc2c1CN(CCc1ccccc1)CC2. The maximum Gasteiger partial charge on any atom is 0.254 e. The van der Waals surface area contributed by atoms with Crippen molar-refractivity contribution in [3.05, 3.63) is 51.9 Å². The molecular formula is C24H29N3O2S. The molecule has 2 saturated carbocycles. The fourth-order valence-electron chi connectivity index (χ4n) is 4.10. The second-order valence-electron chi connectivity index (χ2n) is 8.89. The summed E-state index contributed by atoms with van der Waals surface area (Å²) in [6.45, 7) is 3.51. The standard InChI is InChI=1S/C24H29N3O2S/c28-22(18-8-9-18)26-24-21(23(29)25-14-17-6-7-17)19-15-27(13-11-20(19)30-24)12-10-16-4-2-1-3-5-16/h1-5,17-18H,6-15H2,(H,25,29)(H,26,28). The molecule has 5 rings (SSSR count). The molecule has 2 heterocycles. The summed E-state index contributed by atoms with van der Waals surface area (Å²) in [5.74, 6) is 0.824. The highest BCUT2D eigenvalue weighted by atomic mass is 32.1. The Bertz CT molecular complexity index is 931.